The monoisotopic (exact) mass is 292 g/mol. The third-order valence-corrected chi connectivity index (χ3v) is 4.25. The Balaban J connectivity index is 1.84. The number of nitrogens with zero attached hydrogens (tertiary/aromatic N) is 1. The maximum absolute atomic E-state index is 12.4. The van der Waals surface area contributed by atoms with Crippen molar-refractivity contribution in [3.63, 3.8) is 0 Å². The standard InChI is InChI=1S/C16H24N2OS/c17-15(8-2-1-5-11-20)16(19)18-10-9-13-6-3-4-7-14(13)12-18/h3-4,6-7,15,20H,1-2,5,8-12,17H2/t15-/m0/s1. The Morgan fingerprint density at radius 3 is 2.75 bits per heavy atom. The molecule has 0 radical (unpaired) electrons. The van der Waals surface area contributed by atoms with Gasteiger partial charge in [0.15, 0.2) is 0 Å². The van der Waals surface area contributed by atoms with Crippen molar-refractivity contribution in [1.82, 2.24) is 4.90 Å². The van der Waals surface area contributed by atoms with E-state index in [1.54, 1.807) is 0 Å². The maximum atomic E-state index is 12.4. The highest BCUT2D eigenvalue weighted by atomic mass is 32.1. The smallest absolute Gasteiger partial charge is 0.239 e. The average molecular weight is 292 g/mol. The fraction of sp³-hybridized carbons (Fsp3) is 0.562. The molecule has 1 amide bonds. The second-order valence-electron chi connectivity index (χ2n) is 5.46. The second-order valence-corrected chi connectivity index (χ2v) is 5.91. The summed E-state index contributed by atoms with van der Waals surface area (Å²) in [6.45, 7) is 1.50. The highest BCUT2D eigenvalue weighted by molar-refractivity contribution is 7.80. The number of nitrogens with two attached hydrogens (primary N) is 1. The first kappa shape index (κ1) is 15.4. The van der Waals surface area contributed by atoms with E-state index in [0.717, 1.165) is 44.4 Å². The zero-order valence-corrected chi connectivity index (χ0v) is 12.8. The molecular formula is C16H24N2OS. The minimum absolute atomic E-state index is 0.102. The minimum atomic E-state index is -0.347. The molecule has 0 spiro atoms. The first-order valence-corrected chi connectivity index (χ1v) is 8.07. The molecule has 0 bridgehead atoms. The zero-order chi connectivity index (χ0) is 14.4. The summed E-state index contributed by atoms with van der Waals surface area (Å²) >= 11 is 4.19. The molecule has 4 heteroatoms. The summed E-state index contributed by atoms with van der Waals surface area (Å²) in [5, 5.41) is 0. The summed E-state index contributed by atoms with van der Waals surface area (Å²) in [4.78, 5) is 14.3. The van der Waals surface area contributed by atoms with Crippen molar-refractivity contribution in [3.8, 4) is 0 Å². The van der Waals surface area contributed by atoms with Crippen LogP contribution in [0.25, 0.3) is 0 Å². The summed E-state index contributed by atoms with van der Waals surface area (Å²) in [6.07, 6.45) is 4.94. The molecule has 2 N–H and O–H groups in total. The fourth-order valence-corrected chi connectivity index (χ4v) is 2.92. The van der Waals surface area contributed by atoms with E-state index >= 15 is 0 Å². The maximum Gasteiger partial charge on any atom is 0.239 e. The van der Waals surface area contributed by atoms with E-state index in [9.17, 15) is 4.79 Å². The van der Waals surface area contributed by atoms with Gasteiger partial charge in [-0.3, -0.25) is 4.79 Å². The number of benzene rings is 1. The molecular weight excluding hydrogens is 268 g/mol. The number of carbonyl (C=O) groups excluding carboxylic acids is 1. The molecule has 0 fully saturated rings. The molecule has 1 atom stereocenters. The first-order valence-electron chi connectivity index (χ1n) is 7.44. The van der Waals surface area contributed by atoms with E-state index in [-0.39, 0.29) is 11.9 Å². The molecule has 3 nitrogen and oxygen atoms in total. The van der Waals surface area contributed by atoms with Gasteiger partial charge in [-0.15, -0.1) is 0 Å². The van der Waals surface area contributed by atoms with E-state index in [2.05, 4.69) is 30.8 Å². The largest absolute Gasteiger partial charge is 0.337 e. The van der Waals surface area contributed by atoms with Crippen molar-refractivity contribution in [1.29, 1.82) is 0 Å². The fourth-order valence-electron chi connectivity index (χ4n) is 2.69. The van der Waals surface area contributed by atoms with Crippen LogP contribution in [-0.2, 0) is 17.8 Å². The van der Waals surface area contributed by atoms with Crippen LogP contribution in [0.1, 0.15) is 36.8 Å². The van der Waals surface area contributed by atoms with Gasteiger partial charge in [0, 0.05) is 13.1 Å². The van der Waals surface area contributed by atoms with E-state index in [4.69, 9.17) is 5.73 Å². The lowest BCUT2D eigenvalue weighted by Crippen LogP contribution is -2.45. The van der Waals surface area contributed by atoms with Crippen molar-refractivity contribution in [3.05, 3.63) is 35.4 Å². The van der Waals surface area contributed by atoms with Crippen molar-refractivity contribution in [2.45, 2.75) is 44.7 Å². The summed E-state index contributed by atoms with van der Waals surface area (Å²) < 4.78 is 0. The van der Waals surface area contributed by atoms with Crippen LogP contribution in [0.4, 0.5) is 0 Å². The highest BCUT2D eigenvalue weighted by Gasteiger charge is 2.24. The average Bonchev–Trinajstić information content (AvgIpc) is 2.50. The molecule has 20 heavy (non-hydrogen) atoms. The van der Waals surface area contributed by atoms with Crippen molar-refractivity contribution in [2.75, 3.05) is 12.3 Å². The SMILES string of the molecule is N[C@@H](CCCCCS)C(=O)N1CCc2ccccc2C1. The van der Waals surface area contributed by atoms with Gasteiger partial charge in [-0.05, 0) is 36.1 Å². The third kappa shape index (κ3) is 4.00. The summed E-state index contributed by atoms with van der Waals surface area (Å²) in [6, 6.07) is 8.00. The van der Waals surface area contributed by atoms with Gasteiger partial charge >= 0.3 is 0 Å². The first-order chi connectivity index (χ1) is 9.72. The topological polar surface area (TPSA) is 46.3 Å². The van der Waals surface area contributed by atoms with Crippen LogP contribution in [0.5, 0.6) is 0 Å². The number of hydrogen-bond donors (Lipinski definition) is 2. The Bertz CT molecular complexity index is 450. The lowest BCUT2D eigenvalue weighted by Gasteiger charge is -2.30. The number of fused-ring (bicyclic) bond motifs is 1. The molecule has 0 saturated heterocycles. The van der Waals surface area contributed by atoms with Crippen molar-refractivity contribution >= 4 is 18.5 Å². The Morgan fingerprint density at radius 2 is 2.00 bits per heavy atom. The molecule has 1 aromatic rings. The lowest BCUT2D eigenvalue weighted by atomic mass is 9.99. The van der Waals surface area contributed by atoms with Gasteiger partial charge in [0.25, 0.3) is 0 Å². The zero-order valence-electron chi connectivity index (χ0n) is 11.9. The molecule has 1 heterocycles. The molecule has 2 rings (SSSR count). The number of hydrogen-bond acceptors (Lipinski definition) is 3. The summed E-state index contributed by atoms with van der Waals surface area (Å²) in [5.41, 5.74) is 8.66. The van der Waals surface area contributed by atoms with Gasteiger partial charge in [-0.1, -0.05) is 37.1 Å². The lowest BCUT2D eigenvalue weighted by molar-refractivity contribution is -0.133. The molecule has 0 saturated carbocycles. The molecule has 1 aromatic carbocycles. The number of thiol groups is 1. The normalized spacial score (nSPS) is 15.8. The van der Waals surface area contributed by atoms with E-state index in [0.29, 0.717) is 6.54 Å². The summed E-state index contributed by atoms with van der Waals surface area (Å²) in [5.74, 6) is 1.01. The predicted molar refractivity (Wildman–Crippen MR) is 85.9 cm³/mol. The Kier molecular flexibility index (Phi) is 5.92. The minimum Gasteiger partial charge on any atom is -0.337 e. The third-order valence-electron chi connectivity index (χ3n) is 3.93. The number of unbranched alkanes of at least 4 members (excludes halogenated alkanes) is 2. The predicted octanol–water partition coefficient (Wildman–Crippen LogP) is 2.39. The Hall–Kier alpha value is -1.00. The quantitative estimate of drug-likeness (QED) is 0.625. The van der Waals surface area contributed by atoms with Crippen LogP contribution in [-0.4, -0.2) is 29.1 Å². The van der Waals surface area contributed by atoms with Gasteiger partial charge in [0.2, 0.25) is 5.91 Å². The number of carbonyl (C=O) groups is 1. The van der Waals surface area contributed by atoms with E-state index < -0.39 is 0 Å². The highest BCUT2D eigenvalue weighted by Crippen LogP contribution is 2.19. The van der Waals surface area contributed by atoms with Crippen LogP contribution in [0.2, 0.25) is 0 Å². The van der Waals surface area contributed by atoms with Crippen LogP contribution in [0.3, 0.4) is 0 Å². The second kappa shape index (κ2) is 7.70. The van der Waals surface area contributed by atoms with E-state index in [1.807, 2.05) is 11.0 Å². The molecule has 0 unspecified atom stereocenters. The van der Waals surface area contributed by atoms with Gasteiger partial charge in [0.05, 0.1) is 6.04 Å². The van der Waals surface area contributed by atoms with Crippen LogP contribution < -0.4 is 5.73 Å². The Labute approximate surface area is 126 Å². The van der Waals surface area contributed by atoms with Crippen LogP contribution >= 0.6 is 12.6 Å². The van der Waals surface area contributed by atoms with Crippen LogP contribution in [0.15, 0.2) is 24.3 Å². The van der Waals surface area contributed by atoms with E-state index in [1.165, 1.54) is 11.1 Å². The van der Waals surface area contributed by atoms with Gasteiger partial charge in [0.1, 0.15) is 0 Å². The van der Waals surface area contributed by atoms with Crippen molar-refractivity contribution in [2.24, 2.45) is 5.73 Å². The molecule has 1 aliphatic rings. The molecule has 0 aliphatic carbocycles. The van der Waals surface area contributed by atoms with Crippen LogP contribution in [0, 0.1) is 0 Å². The molecule has 0 aromatic heterocycles. The number of rotatable bonds is 6. The van der Waals surface area contributed by atoms with Gasteiger partial charge < -0.3 is 10.6 Å². The summed E-state index contributed by atoms with van der Waals surface area (Å²) in [7, 11) is 0. The van der Waals surface area contributed by atoms with Gasteiger partial charge in [-0.25, -0.2) is 0 Å². The number of amides is 1. The Morgan fingerprint density at radius 1 is 1.25 bits per heavy atom. The van der Waals surface area contributed by atoms with Gasteiger partial charge in [-0.2, -0.15) is 12.6 Å². The van der Waals surface area contributed by atoms with Crippen molar-refractivity contribution < 1.29 is 4.79 Å². The molecule has 110 valence electrons. The molecule has 1 aliphatic heterocycles.